The molecule has 8 nitrogen and oxygen atoms in total. The van der Waals surface area contributed by atoms with Gasteiger partial charge >= 0.3 is 0 Å². The van der Waals surface area contributed by atoms with Crippen LogP contribution in [0.4, 0.5) is 11.4 Å². The molecule has 4 amide bonds. The molecule has 182 valence electrons. The average Bonchev–Trinajstić information content (AvgIpc) is 3.11. The maximum absolute atomic E-state index is 13.3. The molecule has 35 heavy (non-hydrogen) atoms. The molecule has 2 N–H and O–H groups in total. The van der Waals surface area contributed by atoms with Gasteiger partial charge in [0, 0.05) is 37.5 Å². The van der Waals surface area contributed by atoms with E-state index in [1.807, 2.05) is 43.3 Å². The van der Waals surface area contributed by atoms with Crippen LogP contribution in [0.5, 0.6) is 0 Å². The molecule has 2 heterocycles. The minimum atomic E-state index is -0.768. The minimum absolute atomic E-state index is 0.00816. The third-order valence-electron chi connectivity index (χ3n) is 7.47. The molecular weight excluding hydrogens is 444 g/mol. The van der Waals surface area contributed by atoms with Crippen molar-refractivity contribution in [3.8, 4) is 0 Å². The van der Waals surface area contributed by atoms with Crippen LogP contribution in [-0.2, 0) is 20.9 Å². The monoisotopic (exact) mass is 474 g/mol. The summed E-state index contributed by atoms with van der Waals surface area (Å²) < 4.78 is 0. The van der Waals surface area contributed by atoms with E-state index < -0.39 is 5.66 Å². The molecule has 5 rings (SSSR count). The van der Waals surface area contributed by atoms with E-state index in [1.54, 1.807) is 21.9 Å². The molecule has 1 saturated carbocycles. The van der Waals surface area contributed by atoms with E-state index in [2.05, 4.69) is 10.6 Å². The highest BCUT2D eigenvalue weighted by molar-refractivity contribution is 6.10. The molecule has 2 aromatic rings. The molecule has 8 heteroatoms. The van der Waals surface area contributed by atoms with Crippen LogP contribution in [-0.4, -0.2) is 40.7 Å². The number of nitrogens with zero attached hydrogens (tertiary/aromatic N) is 2. The standard InChI is InChI=1S/C27H30N4O4/c1-27-14-12-24(33)31(27)22-11-3-2-10-21(22)26(35)30(27)15-13-23(32)28-17-18-6-4-9-20(16-18)29-25(34)19-7-5-8-19/h2-4,6,9-11,16,19H,5,7-8,12-15,17H2,1H3,(H,28,32)(H,29,34). The van der Waals surface area contributed by atoms with Crippen LogP contribution in [0.3, 0.4) is 0 Å². The lowest BCUT2D eigenvalue weighted by atomic mass is 9.85. The lowest BCUT2D eigenvalue weighted by molar-refractivity contribution is -0.122. The third-order valence-corrected chi connectivity index (χ3v) is 7.47. The van der Waals surface area contributed by atoms with E-state index in [9.17, 15) is 19.2 Å². The van der Waals surface area contributed by atoms with Gasteiger partial charge in [-0.15, -0.1) is 0 Å². The third kappa shape index (κ3) is 4.29. The van der Waals surface area contributed by atoms with Crippen LogP contribution in [0.15, 0.2) is 48.5 Å². The molecule has 0 spiro atoms. The Hall–Kier alpha value is -3.68. The van der Waals surface area contributed by atoms with Crippen LogP contribution < -0.4 is 15.5 Å². The number of para-hydroxylation sites is 1. The summed E-state index contributed by atoms with van der Waals surface area (Å²) in [6.07, 6.45) is 4.02. The Balaban J connectivity index is 1.20. The molecule has 1 atom stereocenters. The van der Waals surface area contributed by atoms with Crippen LogP contribution in [0.1, 0.15) is 61.4 Å². The first-order valence-electron chi connectivity index (χ1n) is 12.3. The number of benzene rings is 2. The molecule has 1 aliphatic carbocycles. The van der Waals surface area contributed by atoms with Gasteiger partial charge in [-0.05, 0) is 56.0 Å². The number of nitrogens with one attached hydrogen (secondary N) is 2. The first-order chi connectivity index (χ1) is 16.9. The van der Waals surface area contributed by atoms with Crippen molar-refractivity contribution in [3.05, 3.63) is 59.7 Å². The average molecular weight is 475 g/mol. The highest BCUT2D eigenvalue weighted by Crippen LogP contribution is 2.43. The maximum atomic E-state index is 13.3. The second kappa shape index (κ2) is 9.17. The number of carbonyl (C=O) groups is 4. The van der Waals surface area contributed by atoms with Gasteiger partial charge in [0.25, 0.3) is 5.91 Å². The Morgan fingerprint density at radius 3 is 2.66 bits per heavy atom. The first-order valence-corrected chi connectivity index (χ1v) is 12.3. The summed E-state index contributed by atoms with van der Waals surface area (Å²) in [6.45, 7) is 2.44. The highest BCUT2D eigenvalue weighted by atomic mass is 16.2. The van der Waals surface area contributed by atoms with E-state index >= 15 is 0 Å². The zero-order valence-corrected chi connectivity index (χ0v) is 19.9. The van der Waals surface area contributed by atoms with E-state index in [0.29, 0.717) is 30.6 Å². The van der Waals surface area contributed by atoms with Gasteiger partial charge in [-0.2, -0.15) is 0 Å². The molecule has 0 aromatic heterocycles. The molecule has 1 unspecified atom stereocenters. The Labute approximate surface area is 204 Å². The lowest BCUT2D eigenvalue weighted by Crippen LogP contribution is -2.62. The lowest BCUT2D eigenvalue weighted by Gasteiger charge is -2.48. The Bertz CT molecular complexity index is 1190. The van der Waals surface area contributed by atoms with Gasteiger partial charge in [-0.3, -0.25) is 24.1 Å². The summed E-state index contributed by atoms with van der Waals surface area (Å²) >= 11 is 0. The fraction of sp³-hybridized carbons (Fsp3) is 0.407. The number of amides is 4. The quantitative estimate of drug-likeness (QED) is 0.642. The summed E-state index contributed by atoms with van der Waals surface area (Å²) in [6, 6.07) is 14.6. The van der Waals surface area contributed by atoms with Crippen molar-refractivity contribution >= 4 is 35.0 Å². The smallest absolute Gasteiger partial charge is 0.257 e. The van der Waals surface area contributed by atoms with Gasteiger partial charge in [0.2, 0.25) is 17.7 Å². The zero-order chi connectivity index (χ0) is 24.6. The second-order valence-corrected chi connectivity index (χ2v) is 9.76. The SMILES string of the molecule is CC12CCC(=O)N1c1ccccc1C(=O)N2CCC(=O)NCc1cccc(NC(=O)C2CCC2)c1. The van der Waals surface area contributed by atoms with Gasteiger partial charge in [-0.1, -0.05) is 30.7 Å². The normalized spacial score (nSPS) is 21.3. The topological polar surface area (TPSA) is 98.8 Å². The molecule has 2 fully saturated rings. The molecule has 3 aliphatic rings. The summed E-state index contributed by atoms with van der Waals surface area (Å²) in [5, 5.41) is 5.86. The maximum Gasteiger partial charge on any atom is 0.257 e. The molecular formula is C27H30N4O4. The first kappa shape index (κ1) is 23.1. The summed E-state index contributed by atoms with van der Waals surface area (Å²) in [5.41, 5.74) is 1.97. The Morgan fingerprint density at radius 2 is 1.89 bits per heavy atom. The van der Waals surface area contributed by atoms with Gasteiger partial charge < -0.3 is 15.5 Å². The van der Waals surface area contributed by atoms with Crippen molar-refractivity contribution in [2.75, 3.05) is 16.8 Å². The predicted molar refractivity (Wildman–Crippen MR) is 131 cm³/mol. The molecule has 2 aromatic carbocycles. The van der Waals surface area contributed by atoms with E-state index in [1.165, 1.54) is 0 Å². The zero-order valence-electron chi connectivity index (χ0n) is 19.9. The number of rotatable bonds is 7. The molecule has 2 aliphatic heterocycles. The summed E-state index contributed by atoms with van der Waals surface area (Å²) in [7, 11) is 0. The van der Waals surface area contributed by atoms with E-state index in [-0.39, 0.29) is 42.5 Å². The predicted octanol–water partition coefficient (Wildman–Crippen LogP) is 3.43. The number of hydrogen-bond acceptors (Lipinski definition) is 4. The van der Waals surface area contributed by atoms with Gasteiger partial charge in [0.15, 0.2) is 0 Å². The fourth-order valence-corrected chi connectivity index (χ4v) is 5.22. The van der Waals surface area contributed by atoms with Gasteiger partial charge in [0.1, 0.15) is 5.66 Å². The molecule has 0 radical (unpaired) electrons. The van der Waals surface area contributed by atoms with Crippen molar-refractivity contribution in [3.63, 3.8) is 0 Å². The van der Waals surface area contributed by atoms with Crippen molar-refractivity contribution < 1.29 is 19.2 Å². The number of anilines is 2. The Kier molecular flexibility index (Phi) is 6.05. The summed E-state index contributed by atoms with van der Waals surface area (Å²) in [4.78, 5) is 54.2. The van der Waals surface area contributed by atoms with Crippen LogP contribution in [0.2, 0.25) is 0 Å². The number of carbonyl (C=O) groups excluding carboxylic acids is 4. The largest absolute Gasteiger partial charge is 0.352 e. The Morgan fingerprint density at radius 1 is 1.09 bits per heavy atom. The van der Waals surface area contributed by atoms with Crippen LogP contribution in [0, 0.1) is 5.92 Å². The van der Waals surface area contributed by atoms with Gasteiger partial charge in [0.05, 0.1) is 11.3 Å². The van der Waals surface area contributed by atoms with Crippen molar-refractivity contribution in [1.82, 2.24) is 10.2 Å². The number of fused-ring (bicyclic) bond motifs is 3. The van der Waals surface area contributed by atoms with Crippen molar-refractivity contribution in [1.29, 1.82) is 0 Å². The van der Waals surface area contributed by atoms with Crippen molar-refractivity contribution in [2.45, 2.75) is 57.7 Å². The number of hydrogen-bond donors (Lipinski definition) is 2. The van der Waals surface area contributed by atoms with E-state index in [4.69, 9.17) is 0 Å². The van der Waals surface area contributed by atoms with Crippen LogP contribution >= 0.6 is 0 Å². The van der Waals surface area contributed by atoms with Gasteiger partial charge in [-0.25, -0.2) is 0 Å². The van der Waals surface area contributed by atoms with E-state index in [0.717, 1.165) is 30.5 Å². The minimum Gasteiger partial charge on any atom is -0.352 e. The fourth-order valence-electron chi connectivity index (χ4n) is 5.22. The summed E-state index contributed by atoms with van der Waals surface area (Å²) in [5.74, 6) is -0.183. The molecule has 0 bridgehead atoms. The highest BCUT2D eigenvalue weighted by Gasteiger charge is 2.52. The van der Waals surface area contributed by atoms with Crippen LogP contribution in [0.25, 0.3) is 0 Å². The molecule has 1 saturated heterocycles. The second-order valence-electron chi connectivity index (χ2n) is 9.76. The van der Waals surface area contributed by atoms with Crippen molar-refractivity contribution in [2.24, 2.45) is 5.92 Å².